The molecular formula is C71H83Br4N23O5. The molecule has 12 aromatic heterocycles. The fraction of sp³-hybridized carbons (Fsp3) is 0.380. The summed E-state index contributed by atoms with van der Waals surface area (Å²) in [5, 5.41) is 95.7. The van der Waals surface area contributed by atoms with E-state index < -0.39 is 5.60 Å². The van der Waals surface area contributed by atoms with Crippen LogP contribution in [0.25, 0.3) is 22.6 Å². The van der Waals surface area contributed by atoms with E-state index in [1.807, 2.05) is 74.8 Å². The van der Waals surface area contributed by atoms with Crippen molar-refractivity contribution in [2.75, 3.05) is 59.4 Å². The van der Waals surface area contributed by atoms with Gasteiger partial charge in [0.25, 0.3) is 0 Å². The number of hydrogen-bond donors (Lipinski definition) is 9. The van der Waals surface area contributed by atoms with Gasteiger partial charge in [0, 0.05) is 127 Å². The van der Waals surface area contributed by atoms with Crippen molar-refractivity contribution < 1.29 is 24.4 Å². The van der Waals surface area contributed by atoms with Crippen molar-refractivity contribution in [1.82, 2.24) is 74.0 Å². The summed E-state index contributed by atoms with van der Waals surface area (Å²) < 4.78 is 12.9. The van der Waals surface area contributed by atoms with Gasteiger partial charge in [0.15, 0.2) is 59.8 Å². The maximum Gasteiger partial charge on any atom is 0.185 e. The number of pyridine rings is 4. The molecule has 540 valence electrons. The molecule has 0 bridgehead atoms. The van der Waals surface area contributed by atoms with E-state index in [4.69, 9.17) is 15.0 Å². The molecule has 28 nitrogen and oxygen atoms in total. The molecule has 9 N–H and O–H groups in total. The maximum absolute atomic E-state index is 11.5. The normalized spacial score (nSPS) is 16.0. The second-order valence-electron chi connectivity index (χ2n) is 26.7. The SMILES string of the molecule is Brc1cnn2c(NCc3cccnc3)cc(C3CCNCC3)nc12.CC(C)(O)[C@@H]1CCCC1c1cc(NCc2ccc[n+]([O-])c2)n2ncc(Br)c2n1.CC(C)[C@@H](CO)Nc1cc(NCc2ccc[n+]([O-])c2)n2ncc(Br)c2n1.[O-][n+]1cccc(CNc2cc(C3CCNCC3)nc3c(Br)cnn23)c1. The van der Waals surface area contributed by atoms with E-state index in [-0.39, 0.29) is 30.4 Å². The highest BCUT2D eigenvalue weighted by molar-refractivity contribution is 9.11. The van der Waals surface area contributed by atoms with Gasteiger partial charge in [-0.25, -0.2) is 19.9 Å². The minimum Gasteiger partial charge on any atom is -0.619 e. The Morgan fingerprint density at radius 3 is 1.30 bits per heavy atom. The van der Waals surface area contributed by atoms with Crippen LogP contribution in [0.4, 0.5) is 29.1 Å². The Kier molecular flexibility index (Phi) is 24.6. The van der Waals surface area contributed by atoms with Crippen LogP contribution in [0.1, 0.15) is 130 Å². The molecule has 2 saturated heterocycles. The van der Waals surface area contributed by atoms with Crippen molar-refractivity contribution in [1.29, 1.82) is 0 Å². The molecule has 0 spiro atoms. The van der Waals surface area contributed by atoms with E-state index in [0.29, 0.717) is 49.5 Å². The molecule has 1 saturated carbocycles. The van der Waals surface area contributed by atoms with Crippen LogP contribution in [-0.4, -0.2) is 118 Å². The molecule has 12 aromatic rings. The third-order valence-electron chi connectivity index (χ3n) is 18.6. The van der Waals surface area contributed by atoms with Crippen LogP contribution >= 0.6 is 63.7 Å². The van der Waals surface area contributed by atoms with Gasteiger partial charge in [-0.3, -0.25) is 4.98 Å². The quantitative estimate of drug-likeness (QED) is 0.0253. The summed E-state index contributed by atoms with van der Waals surface area (Å²) in [5.74, 6) is 5.59. The summed E-state index contributed by atoms with van der Waals surface area (Å²) in [7, 11) is 0. The number of aliphatic hydroxyl groups is 2. The van der Waals surface area contributed by atoms with Crippen LogP contribution in [-0.2, 0) is 26.2 Å². The summed E-state index contributed by atoms with van der Waals surface area (Å²) in [6.45, 7) is 14.2. The number of anilines is 5. The van der Waals surface area contributed by atoms with Crippen molar-refractivity contribution in [2.24, 2.45) is 11.8 Å². The number of nitrogens with one attached hydrogen (secondary N) is 7. The van der Waals surface area contributed by atoms with Crippen LogP contribution in [0.5, 0.6) is 0 Å². The van der Waals surface area contributed by atoms with Gasteiger partial charge < -0.3 is 63.1 Å². The summed E-state index contributed by atoms with van der Waals surface area (Å²) in [6, 6.07) is 22.9. The lowest BCUT2D eigenvalue weighted by Gasteiger charge is -2.31. The van der Waals surface area contributed by atoms with Crippen LogP contribution in [0.15, 0.2) is 165 Å². The number of nitrogens with zero attached hydrogens (tertiary/aromatic N) is 16. The molecule has 32 heteroatoms. The van der Waals surface area contributed by atoms with Gasteiger partial charge in [-0.2, -0.15) is 52.6 Å². The molecule has 0 amide bonds. The van der Waals surface area contributed by atoms with Crippen molar-refractivity contribution in [2.45, 2.75) is 128 Å². The van der Waals surface area contributed by atoms with Gasteiger partial charge in [-0.15, -0.1) is 0 Å². The van der Waals surface area contributed by atoms with Gasteiger partial charge in [-0.1, -0.05) is 26.3 Å². The highest BCUT2D eigenvalue weighted by Gasteiger charge is 2.39. The summed E-state index contributed by atoms with van der Waals surface area (Å²) in [4.78, 5) is 23.3. The number of halogens is 4. The number of rotatable bonds is 20. The average molecular weight is 1660 g/mol. The third kappa shape index (κ3) is 18.8. The number of hydrogen-bond acceptors (Lipinski definition) is 21. The van der Waals surface area contributed by atoms with Gasteiger partial charge in [0.2, 0.25) is 0 Å². The smallest absolute Gasteiger partial charge is 0.185 e. The minimum atomic E-state index is -0.744. The third-order valence-corrected chi connectivity index (χ3v) is 20.8. The van der Waals surface area contributed by atoms with Crippen LogP contribution in [0, 0.1) is 27.5 Å². The van der Waals surface area contributed by atoms with Crippen molar-refractivity contribution >= 4 is 115 Å². The lowest BCUT2D eigenvalue weighted by molar-refractivity contribution is -0.606. The molecule has 3 atom stereocenters. The molecule has 1 unspecified atom stereocenters. The highest BCUT2D eigenvalue weighted by Crippen LogP contribution is 2.45. The second kappa shape index (κ2) is 34.2. The topological polar surface area (TPSA) is 339 Å². The zero-order valence-electron chi connectivity index (χ0n) is 57.4. The Morgan fingerprint density at radius 2 is 0.913 bits per heavy atom. The van der Waals surface area contributed by atoms with Gasteiger partial charge >= 0.3 is 0 Å². The van der Waals surface area contributed by atoms with Crippen LogP contribution in [0.2, 0.25) is 0 Å². The highest BCUT2D eigenvalue weighted by atomic mass is 79.9. The number of piperidine rings is 2. The maximum atomic E-state index is 11.5. The number of fused-ring (bicyclic) bond motifs is 4. The molecule has 0 aromatic carbocycles. The lowest BCUT2D eigenvalue weighted by atomic mass is 9.81. The second-order valence-corrected chi connectivity index (χ2v) is 30.1. The minimum absolute atomic E-state index is 0.0151. The lowest BCUT2D eigenvalue weighted by Crippen LogP contribution is -2.32. The fourth-order valence-electron chi connectivity index (χ4n) is 13.1. The first kappa shape index (κ1) is 74.0. The zero-order valence-corrected chi connectivity index (χ0v) is 63.8. The number of aliphatic hydroxyl groups excluding tert-OH is 1. The standard InChI is InChI=1S/C20H24BrN5O2.C17H21BrN6O2.C17H19BrN6O.C17H19BrN6/c1-20(2,27)15-7-3-6-14(15)17-9-18(26-19(24-17)16(21)11-23-26)22-10-13-5-4-8-25(28)12-13;1-11(2)14(10-25)21-15-6-16(24-17(22-15)13(18)8-20-24)19-7-12-4-3-5-23(26)9-12;18-14-10-21-24-16(20-9-12-2-1-7-23(25)11-12)8-15(22-17(14)24)13-3-5-19-6-4-13;18-14-11-22-24-16(21-10-12-2-1-5-20-9-12)8-15(23-17(14)24)13-3-6-19-7-4-13/h4-5,8-9,11-12,14-15,22,27H,3,6-7,10H2,1-2H3;3-6,8-9,11,14,19,25H,7,10H2,1-2H3,(H,21,22);1-2,7-8,10-11,13,19-20H,3-6,9H2;1-2,5,8-9,11,13,19,21H,3-4,6-7,10H2/t14?,15-;14-;;/m11../s1. The Morgan fingerprint density at radius 1 is 0.524 bits per heavy atom. The molecule has 14 heterocycles. The summed E-state index contributed by atoms with van der Waals surface area (Å²) in [5.41, 5.74) is 9.30. The van der Waals surface area contributed by atoms with Crippen molar-refractivity contribution in [3.05, 3.63) is 220 Å². The molecule has 3 fully saturated rings. The van der Waals surface area contributed by atoms with E-state index in [2.05, 4.69) is 149 Å². The van der Waals surface area contributed by atoms with E-state index in [9.17, 15) is 25.8 Å². The first-order valence-electron chi connectivity index (χ1n) is 34.4. The summed E-state index contributed by atoms with van der Waals surface area (Å²) in [6.07, 6.45) is 27.2. The molecule has 1 aliphatic carbocycles. The first-order valence-corrected chi connectivity index (χ1v) is 37.5. The van der Waals surface area contributed by atoms with Gasteiger partial charge in [0.05, 0.1) is 66.6 Å². The predicted molar refractivity (Wildman–Crippen MR) is 408 cm³/mol. The average Bonchev–Trinajstić information content (AvgIpc) is 1.67. The Bertz CT molecular complexity index is 4810. The first-order chi connectivity index (χ1) is 49.8. The fourth-order valence-corrected chi connectivity index (χ4v) is 14.5. The molecule has 3 aliphatic rings. The predicted octanol–water partition coefficient (Wildman–Crippen LogP) is 10.7. The van der Waals surface area contributed by atoms with Gasteiger partial charge in [0.1, 0.15) is 29.1 Å². The van der Waals surface area contributed by atoms with Crippen LogP contribution in [0.3, 0.4) is 0 Å². The van der Waals surface area contributed by atoms with E-state index in [0.717, 1.165) is 183 Å². The zero-order chi connectivity index (χ0) is 72.2. The van der Waals surface area contributed by atoms with Crippen molar-refractivity contribution in [3.8, 4) is 0 Å². The largest absolute Gasteiger partial charge is 0.619 e. The molecule has 2 aliphatic heterocycles. The number of aromatic nitrogens is 16. The van der Waals surface area contributed by atoms with E-state index in [1.165, 1.54) is 24.8 Å². The molecule has 0 radical (unpaired) electrons. The van der Waals surface area contributed by atoms with E-state index >= 15 is 0 Å². The van der Waals surface area contributed by atoms with E-state index in [1.54, 1.807) is 75.1 Å². The summed E-state index contributed by atoms with van der Waals surface area (Å²) >= 11 is 14.1. The van der Waals surface area contributed by atoms with Gasteiger partial charge in [-0.05, 0) is 184 Å². The Hall–Kier alpha value is -8.76. The molecule has 15 rings (SSSR count). The molecular weight excluding hydrogens is 1570 g/mol. The van der Waals surface area contributed by atoms with Crippen molar-refractivity contribution in [3.63, 3.8) is 0 Å². The monoisotopic (exact) mass is 1650 g/mol. The molecule has 103 heavy (non-hydrogen) atoms. The Balaban J connectivity index is 0.000000130. The van der Waals surface area contributed by atoms with Crippen LogP contribution < -0.4 is 51.4 Å². The Labute approximate surface area is 628 Å².